The van der Waals surface area contributed by atoms with Crippen LogP contribution in [0.4, 0.5) is 0 Å². The van der Waals surface area contributed by atoms with E-state index in [0.29, 0.717) is 0 Å². The summed E-state index contributed by atoms with van der Waals surface area (Å²) in [6.45, 7) is 8.75. The predicted octanol–water partition coefficient (Wildman–Crippen LogP) is 12.0. The van der Waals surface area contributed by atoms with Crippen molar-refractivity contribution in [2.45, 2.75) is 27.7 Å². The molecule has 0 saturated heterocycles. The van der Waals surface area contributed by atoms with Gasteiger partial charge in [0, 0.05) is 11.1 Å². The van der Waals surface area contributed by atoms with Crippen molar-refractivity contribution in [3.05, 3.63) is 179 Å². The van der Waals surface area contributed by atoms with Gasteiger partial charge in [0.05, 0.1) is 11.2 Å². The van der Waals surface area contributed by atoms with Crippen LogP contribution in [0.25, 0.3) is 55.7 Å². The van der Waals surface area contributed by atoms with Crippen LogP contribution in [-0.2, 0) is 0 Å². The van der Waals surface area contributed by atoms with Gasteiger partial charge in [-0.05, 0) is 113 Å². The first-order chi connectivity index (χ1) is 22.0. The highest BCUT2D eigenvalue weighted by molar-refractivity contribution is 5.93. The molecule has 0 aliphatic rings. The Kier molecular flexibility index (Phi) is 7.53. The number of fused-ring (bicyclic) bond motifs is 1. The third kappa shape index (κ3) is 5.32. The maximum absolute atomic E-state index is 2.43. The van der Waals surface area contributed by atoms with Gasteiger partial charge in [-0.1, -0.05) is 127 Å². The van der Waals surface area contributed by atoms with E-state index in [2.05, 4.69) is 184 Å². The van der Waals surface area contributed by atoms with Gasteiger partial charge < -0.3 is 4.57 Å². The molecule has 0 spiro atoms. The second-order valence-corrected chi connectivity index (χ2v) is 11.9. The molecule has 0 unspecified atom stereocenters. The number of aromatic nitrogens is 1. The number of nitrogens with zero attached hydrogens (tertiary/aromatic N) is 1. The predicted molar refractivity (Wildman–Crippen MR) is 193 cm³/mol. The minimum atomic E-state index is 1.16. The van der Waals surface area contributed by atoms with Crippen LogP contribution in [0.2, 0.25) is 0 Å². The van der Waals surface area contributed by atoms with Crippen molar-refractivity contribution >= 4 is 16.5 Å². The number of rotatable bonds is 6. The highest BCUT2D eigenvalue weighted by Crippen LogP contribution is 2.37. The molecule has 1 heteroatoms. The lowest BCUT2D eigenvalue weighted by Crippen LogP contribution is -1.99. The molecule has 7 rings (SSSR count). The van der Waals surface area contributed by atoms with Crippen molar-refractivity contribution in [2.24, 2.45) is 0 Å². The summed E-state index contributed by atoms with van der Waals surface area (Å²) in [6, 6.07) is 53.0. The second kappa shape index (κ2) is 11.9. The second-order valence-electron chi connectivity index (χ2n) is 11.9. The summed E-state index contributed by atoms with van der Waals surface area (Å²) < 4.78 is 2.43. The van der Waals surface area contributed by atoms with Crippen molar-refractivity contribution in [2.75, 3.05) is 0 Å². The molecule has 0 bridgehead atoms. The Hall–Kier alpha value is -5.40. The van der Waals surface area contributed by atoms with Gasteiger partial charge in [-0.25, -0.2) is 0 Å². The van der Waals surface area contributed by atoms with E-state index >= 15 is 0 Å². The number of hydrogen-bond donors (Lipinski definition) is 0. The number of aryl methyl sites for hydroxylation is 3. The maximum atomic E-state index is 2.43. The molecule has 1 heterocycles. The van der Waals surface area contributed by atoms with E-state index < -0.39 is 0 Å². The highest BCUT2D eigenvalue weighted by atomic mass is 15.0. The molecule has 0 N–H and O–H groups in total. The van der Waals surface area contributed by atoms with Gasteiger partial charge >= 0.3 is 0 Å². The summed E-state index contributed by atoms with van der Waals surface area (Å²) in [5, 5.41) is 1.23. The van der Waals surface area contributed by atoms with E-state index in [1.807, 2.05) is 0 Å². The van der Waals surface area contributed by atoms with E-state index in [9.17, 15) is 0 Å². The quantitative estimate of drug-likeness (QED) is 0.185. The van der Waals surface area contributed by atoms with Crippen LogP contribution in [0.1, 0.15) is 34.7 Å². The van der Waals surface area contributed by atoms with Crippen LogP contribution in [0.5, 0.6) is 0 Å². The molecule has 1 nitrogen and oxygen atoms in total. The SMILES string of the molecule is C/C=C(/c1ccccc1)c1ccc(-c2ccc3cc(-c4ccccc4)n(-c4ccc(C)c(-c5ccccc5C)c4)c3c2)cc1C. The lowest BCUT2D eigenvalue weighted by molar-refractivity contribution is 1.13. The molecule has 0 atom stereocenters. The van der Waals surface area contributed by atoms with Gasteiger partial charge in [-0.2, -0.15) is 0 Å². The van der Waals surface area contributed by atoms with Gasteiger partial charge in [0.1, 0.15) is 0 Å². The zero-order valence-electron chi connectivity index (χ0n) is 26.4. The van der Waals surface area contributed by atoms with Crippen LogP contribution in [0.15, 0.2) is 152 Å². The fourth-order valence-corrected chi connectivity index (χ4v) is 6.64. The Balaban J connectivity index is 1.39. The Morgan fingerprint density at radius 1 is 0.511 bits per heavy atom. The molecule has 0 amide bonds. The van der Waals surface area contributed by atoms with E-state index in [1.54, 1.807) is 0 Å². The van der Waals surface area contributed by atoms with Crippen LogP contribution in [0.3, 0.4) is 0 Å². The molecule has 6 aromatic carbocycles. The zero-order valence-corrected chi connectivity index (χ0v) is 26.4. The van der Waals surface area contributed by atoms with Gasteiger partial charge in [0.25, 0.3) is 0 Å². The number of hydrogen-bond acceptors (Lipinski definition) is 0. The first-order valence-electron chi connectivity index (χ1n) is 15.7. The molecule has 0 saturated carbocycles. The van der Waals surface area contributed by atoms with Crippen molar-refractivity contribution in [3.63, 3.8) is 0 Å². The topological polar surface area (TPSA) is 4.93 Å². The van der Waals surface area contributed by atoms with Gasteiger partial charge in [0.15, 0.2) is 0 Å². The maximum Gasteiger partial charge on any atom is 0.0541 e. The average molecular weight is 580 g/mol. The average Bonchev–Trinajstić information content (AvgIpc) is 3.46. The largest absolute Gasteiger partial charge is 0.309 e. The first-order valence-corrected chi connectivity index (χ1v) is 15.7. The molecule has 7 aromatic rings. The summed E-state index contributed by atoms with van der Waals surface area (Å²) in [5.74, 6) is 0. The van der Waals surface area contributed by atoms with E-state index in [4.69, 9.17) is 0 Å². The first kappa shape index (κ1) is 28.4. The normalized spacial score (nSPS) is 11.7. The molecular formula is C44H37N. The van der Waals surface area contributed by atoms with Crippen LogP contribution >= 0.6 is 0 Å². The lowest BCUT2D eigenvalue weighted by atomic mass is 9.91. The van der Waals surface area contributed by atoms with Crippen LogP contribution in [0, 0.1) is 20.8 Å². The zero-order chi connectivity index (χ0) is 30.9. The fraction of sp³-hybridized carbons (Fsp3) is 0.0909. The van der Waals surface area contributed by atoms with Crippen LogP contribution < -0.4 is 0 Å². The van der Waals surface area contributed by atoms with E-state index in [0.717, 1.165) is 5.69 Å². The molecule has 1 aromatic heterocycles. The molecule has 0 fully saturated rings. The molecule has 0 aliphatic carbocycles. The highest BCUT2D eigenvalue weighted by Gasteiger charge is 2.16. The minimum absolute atomic E-state index is 1.16. The third-order valence-electron chi connectivity index (χ3n) is 9.01. The summed E-state index contributed by atoms with van der Waals surface area (Å²) in [6.07, 6.45) is 2.22. The van der Waals surface area contributed by atoms with E-state index in [-0.39, 0.29) is 0 Å². The lowest BCUT2D eigenvalue weighted by Gasteiger charge is -2.16. The summed E-state index contributed by atoms with van der Waals surface area (Å²) in [5.41, 5.74) is 17.3. The number of benzene rings is 6. The Labute approximate surface area is 266 Å². The minimum Gasteiger partial charge on any atom is -0.309 e. The van der Waals surface area contributed by atoms with Gasteiger partial charge in [0.2, 0.25) is 0 Å². The van der Waals surface area contributed by atoms with E-state index in [1.165, 1.54) is 77.8 Å². The summed E-state index contributed by atoms with van der Waals surface area (Å²) >= 11 is 0. The van der Waals surface area contributed by atoms with Crippen molar-refractivity contribution in [3.8, 4) is 39.2 Å². The third-order valence-corrected chi connectivity index (χ3v) is 9.01. The molecular weight excluding hydrogens is 542 g/mol. The monoisotopic (exact) mass is 579 g/mol. The molecule has 0 radical (unpaired) electrons. The van der Waals surface area contributed by atoms with Crippen LogP contribution in [-0.4, -0.2) is 4.57 Å². The van der Waals surface area contributed by atoms with Crippen molar-refractivity contribution < 1.29 is 0 Å². The summed E-state index contributed by atoms with van der Waals surface area (Å²) in [4.78, 5) is 0. The molecule has 45 heavy (non-hydrogen) atoms. The Morgan fingerprint density at radius 3 is 1.91 bits per heavy atom. The van der Waals surface area contributed by atoms with Gasteiger partial charge in [-0.3, -0.25) is 0 Å². The Morgan fingerprint density at radius 2 is 1.18 bits per heavy atom. The molecule has 0 aliphatic heterocycles. The standard InChI is InChI=1S/C44H37N/c1-5-39(33-15-8-6-9-16-33)41-25-23-35(26-32(41)4)36-21-22-37-28-43(34-17-10-7-11-18-34)45(44(37)27-36)38-24-20-31(3)42(29-38)40-19-13-12-14-30(40)2/h5-29H,1-4H3/b39-5-. The Bertz CT molecular complexity index is 2180. The smallest absolute Gasteiger partial charge is 0.0541 e. The number of allylic oxidation sites excluding steroid dienone is 1. The fourth-order valence-electron chi connectivity index (χ4n) is 6.64. The van der Waals surface area contributed by atoms with Crippen molar-refractivity contribution in [1.29, 1.82) is 0 Å². The van der Waals surface area contributed by atoms with Crippen molar-refractivity contribution in [1.82, 2.24) is 4.57 Å². The molecule has 218 valence electrons. The summed E-state index contributed by atoms with van der Waals surface area (Å²) in [7, 11) is 0. The van der Waals surface area contributed by atoms with Gasteiger partial charge in [-0.15, -0.1) is 0 Å².